The van der Waals surface area contributed by atoms with E-state index in [1.807, 2.05) is 17.1 Å². The summed E-state index contributed by atoms with van der Waals surface area (Å²) in [6, 6.07) is 0.344. The van der Waals surface area contributed by atoms with E-state index >= 15 is 0 Å². The van der Waals surface area contributed by atoms with Gasteiger partial charge in [0.25, 0.3) is 0 Å². The molecule has 6 heteroatoms. The molecule has 1 aromatic heterocycles. The van der Waals surface area contributed by atoms with Crippen molar-refractivity contribution in [2.24, 2.45) is 0 Å². The number of nitrogens with one attached hydrogen (secondary N) is 1. The summed E-state index contributed by atoms with van der Waals surface area (Å²) in [6.45, 7) is 0. The van der Waals surface area contributed by atoms with Crippen LogP contribution in [-0.4, -0.2) is 28.4 Å². The van der Waals surface area contributed by atoms with E-state index in [1.165, 1.54) is 24.2 Å². The minimum absolute atomic E-state index is 0.0629. The molecule has 100 valence electrons. The molecule has 0 bridgehead atoms. The highest BCUT2D eigenvalue weighted by Crippen LogP contribution is 2.26. The van der Waals surface area contributed by atoms with E-state index < -0.39 is 0 Å². The predicted molar refractivity (Wildman–Crippen MR) is 77.9 cm³/mol. The highest BCUT2D eigenvalue weighted by atomic mass is 32.2. The lowest BCUT2D eigenvalue weighted by molar-refractivity contribution is -0.121. The Morgan fingerprint density at radius 1 is 1.56 bits per heavy atom. The van der Waals surface area contributed by atoms with Crippen molar-refractivity contribution in [1.82, 2.24) is 10.3 Å². The zero-order chi connectivity index (χ0) is 13.0. The second-order valence-electron chi connectivity index (χ2n) is 4.63. The maximum absolute atomic E-state index is 11.8. The molecule has 1 heterocycles. The van der Waals surface area contributed by atoms with Crippen molar-refractivity contribution in [1.29, 1.82) is 0 Å². The van der Waals surface area contributed by atoms with Gasteiger partial charge in [-0.3, -0.25) is 4.79 Å². The molecule has 0 spiro atoms. The second-order valence-corrected chi connectivity index (χ2v) is 6.66. The number of carbonyl (C=O) groups is 1. The van der Waals surface area contributed by atoms with Crippen LogP contribution in [-0.2, 0) is 11.2 Å². The molecule has 1 aliphatic carbocycles. The third-order valence-electron chi connectivity index (χ3n) is 3.28. The van der Waals surface area contributed by atoms with Crippen LogP contribution in [0.4, 0.5) is 5.13 Å². The zero-order valence-electron chi connectivity index (χ0n) is 10.5. The molecule has 0 aromatic carbocycles. The number of hydrogen-bond donors (Lipinski definition) is 2. The van der Waals surface area contributed by atoms with Gasteiger partial charge in [0.15, 0.2) is 5.13 Å². The quantitative estimate of drug-likeness (QED) is 0.888. The summed E-state index contributed by atoms with van der Waals surface area (Å²) in [5.41, 5.74) is 6.31. The molecule has 0 aliphatic heterocycles. The van der Waals surface area contributed by atoms with Crippen LogP contribution < -0.4 is 11.1 Å². The molecule has 1 fully saturated rings. The molecule has 2 rings (SSSR count). The third-order valence-corrected chi connectivity index (χ3v) is 5.14. The number of anilines is 1. The normalized spacial score (nSPS) is 23.8. The van der Waals surface area contributed by atoms with E-state index in [4.69, 9.17) is 5.73 Å². The van der Waals surface area contributed by atoms with Gasteiger partial charge in [-0.1, -0.05) is 0 Å². The van der Waals surface area contributed by atoms with E-state index in [-0.39, 0.29) is 5.91 Å². The summed E-state index contributed by atoms with van der Waals surface area (Å²) in [6.07, 6.45) is 7.10. The topological polar surface area (TPSA) is 68.0 Å². The van der Waals surface area contributed by atoms with Crippen LogP contribution in [0.25, 0.3) is 0 Å². The molecule has 4 nitrogen and oxygen atoms in total. The molecule has 1 aliphatic rings. The summed E-state index contributed by atoms with van der Waals surface area (Å²) in [5.74, 6) is 0.0629. The molecular weight excluding hydrogens is 266 g/mol. The maximum Gasteiger partial charge on any atom is 0.226 e. The number of thiazole rings is 1. The van der Waals surface area contributed by atoms with Crippen LogP contribution in [0.15, 0.2) is 5.38 Å². The van der Waals surface area contributed by atoms with Crippen LogP contribution in [0.2, 0.25) is 0 Å². The van der Waals surface area contributed by atoms with Crippen LogP contribution in [0.5, 0.6) is 0 Å². The molecular formula is C12H19N3OS2. The summed E-state index contributed by atoms with van der Waals surface area (Å²) in [7, 11) is 0. The molecule has 0 saturated heterocycles. The van der Waals surface area contributed by atoms with Gasteiger partial charge in [-0.05, 0) is 31.9 Å². The number of nitrogen functional groups attached to an aromatic ring is 1. The molecule has 0 atom stereocenters. The first-order valence-corrected chi connectivity index (χ1v) is 8.36. The predicted octanol–water partition coefficient (Wildman–Crippen LogP) is 2.06. The van der Waals surface area contributed by atoms with Gasteiger partial charge in [-0.2, -0.15) is 11.8 Å². The Bertz CT molecular complexity index is 400. The number of rotatable bonds is 4. The van der Waals surface area contributed by atoms with Gasteiger partial charge >= 0.3 is 0 Å². The summed E-state index contributed by atoms with van der Waals surface area (Å²) in [4.78, 5) is 15.9. The first-order valence-electron chi connectivity index (χ1n) is 6.19. The molecule has 18 heavy (non-hydrogen) atoms. The lowest BCUT2D eigenvalue weighted by Crippen LogP contribution is -2.38. The Labute approximate surface area is 116 Å². The first kappa shape index (κ1) is 13.7. The van der Waals surface area contributed by atoms with Crippen LogP contribution in [0, 0.1) is 0 Å². The van der Waals surface area contributed by atoms with Gasteiger partial charge in [0, 0.05) is 16.7 Å². The Morgan fingerprint density at radius 2 is 2.28 bits per heavy atom. The van der Waals surface area contributed by atoms with Gasteiger partial charge in [0.05, 0.1) is 12.1 Å². The van der Waals surface area contributed by atoms with E-state index in [0.29, 0.717) is 17.6 Å². The number of hydrogen-bond acceptors (Lipinski definition) is 5. The molecule has 1 amide bonds. The molecule has 1 saturated carbocycles. The van der Waals surface area contributed by atoms with E-state index in [0.717, 1.165) is 23.8 Å². The Hall–Kier alpha value is -0.750. The van der Waals surface area contributed by atoms with Gasteiger partial charge < -0.3 is 11.1 Å². The van der Waals surface area contributed by atoms with Gasteiger partial charge in [0.2, 0.25) is 5.91 Å². The average molecular weight is 285 g/mol. The lowest BCUT2D eigenvalue weighted by atomic mass is 9.95. The van der Waals surface area contributed by atoms with E-state index in [2.05, 4.69) is 16.6 Å². The first-order chi connectivity index (χ1) is 8.67. The summed E-state index contributed by atoms with van der Waals surface area (Å²) < 4.78 is 0. The molecule has 0 radical (unpaired) electrons. The number of nitrogens with zero attached hydrogens (tertiary/aromatic N) is 1. The highest BCUT2D eigenvalue weighted by Gasteiger charge is 2.21. The Kier molecular flexibility index (Phi) is 4.88. The monoisotopic (exact) mass is 285 g/mol. The van der Waals surface area contributed by atoms with Crippen LogP contribution in [0.1, 0.15) is 31.4 Å². The fourth-order valence-corrected chi connectivity index (χ4v) is 3.60. The number of amides is 1. The van der Waals surface area contributed by atoms with Crippen molar-refractivity contribution in [3.8, 4) is 0 Å². The van der Waals surface area contributed by atoms with Crippen molar-refractivity contribution in [2.75, 3.05) is 12.0 Å². The lowest BCUT2D eigenvalue weighted by Gasteiger charge is -2.27. The fraction of sp³-hybridized carbons (Fsp3) is 0.667. The van der Waals surface area contributed by atoms with E-state index in [1.54, 1.807) is 0 Å². The van der Waals surface area contributed by atoms with Crippen LogP contribution in [0.3, 0.4) is 0 Å². The summed E-state index contributed by atoms with van der Waals surface area (Å²) in [5, 5.41) is 6.24. The Balaban J connectivity index is 1.75. The number of carbonyl (C=O) groups excluding carboxylic acids is 1. The van der Waals surface area contributed by atoms with Crippen molar-refractivity contribution < 1.29 is 4.79 Å². The van der Waals surface area contributed by atoms with E-state index in [9.17, 15) is 4.79 Å². The highest BCUT2D eigenvalue weighted by molar-refractivity contribution is 7.99. The second kappa shape index (κ2) is 6.43. The molecule has 0 unspecified atom stereocenters. The van der Waals surface area contributed by atoms with Gasteiger partial charge in [-0.25, -0.2) is 4.98 Å². The van der Waals surface area contributed by atoms with Crippen molar-refractivity contribution in [2.45, 2.75) is 43.4 Å². The Morgan fingerprint density at radius 3 is 2.83 bits per heavy atom. The van der Waals surface area contributed by atoms with Crippen molar-refractivity contribution in [3.63, 3.8) is 0 Å². The SMILES string of the molecule is CSC1CCC(NC(=O)Cc2csc(N)n2)CC1. The number of thioether (sulfide) groups is 1. The van der Waals surface area contributed by atoms with Crippen LogP contribution >= 0.6 is 23.1 Å². The van der Waals surface area contributed by atoms with Crippen molar-refractivity contribution >= 4 is 34.1 Å². The largest absolute Gasteiger partial charge is 0.375 e. The van der Waals surface area contributed by atoms with Crippen molar-refractivity contribution in [3.05, 3.63) is 11.1 Å². The summed E-state index contributed by atoms with van der Waals surface area (Å²) >= 11 is 3.32. The minimum atomic E-state index is 0.0629. The molecule has 1 aromatic rings. The smallest absolute Gasteiger partial charge is 0.226 e. The van der Waals surface area contributed by atoms with Gasteiger partial charge in [0.1, 0.15) is 0 Å². The zero-order valence-corrected chi connectivity index (χ0v) is 12.1. The molecule has 3 N–H and O–H groups in total. The van der Waals surface area contributed by atoms with Gasteiger partial charge in [-0.15, -0.1) is 11.3 Å². The fourth-order valence-electron chi connectivity index (χ4n) is 2.29. The minimum Gasteiger partial charge on any atom is -0.375 e. The maximum atomic E-state index is 11.8. The standard InChI is InChI=1S/C12H19N3OS2/c1-17-10-4-2-8(3-5-10)14-11(16)6-9-7-18-12(13)15-9/h7-8,10H,2-6H2,1H3,(H2,13,15)(H,14,16). The number of aromatic nitrogens is 1. The third kappa shape index (κ3) is 3.88. The average Bonchev–Trinajstić information content (AvgIpc) is 2.75. The number of nitrogens with two attached hydrogens (primary N) is 1.